The quantitative estimate of drug-likeness (QED) is 0.191. The van der Waals surface area contributed by atoms with Crippen molar-refractivity contribution < 1.29 is 23.4 Å². The lowest BCUT2D eigenvalue weighted by molar-refractivity contribution is -0.137. The van der Waals surface area contributed by atoms with Crippen LogP contribution < -0.4 is 0 Å². The molecule has 0 amide bonds. The van der Waals surface area contributed by atoms with E-state index in [1.54, 1.807) is 21.1 Å². The zero-order valence-electron chi connectivity index (χ0n) is 9.45. The average molecular weight is 234 g/mol. The Morgan fingerprint density at radius 3 is 2.47 bits per heavy atom. The average Bonchev–Trinajstić information content (AvgIpc) is 2.23. The van der Waals surface area contributed by atoms with Crippen molar-refractivity contribution in [2.24, 2.45) is 0 Å². The maximum atomic E-state index is 10.9. The highest BCUT2D eigenvalue weighted by atomic mass is 28.2. The first-order chi connectivity index (χ1) is 7.11. The summed E-state index contributed by atoms with van der Waals surface area (Å²) in [6, 6.07) is 0. The molecular weight excluding hydrogens is 216 g/mol. The molecule has 0 saturated carbocycles. The summed E-state index contributed by atoms with van der Waals surface area (Å²) < 4.78 is 20.0. The Bertz CT molecular complexity index is 203. The monoisotopic (exact) mass is 234 g/mol. The third-order valence-electron chi connectivity index (χ3n) is 1.59. The van der Waals surface area contributed by atoms with Gasteiger partial charge in [-0.05, 0) is 6.92 Å². The molecule has 0 spiro atoms. The van der Waals surface area contributed by atoms with Crippen LogP contribution in [-0.2, 0) is 23.4 Å². The normalized spacial score (nSPS) is 11.2. The molecule has 0 fully saturated rings. The smallest absolute Gasteiger partial charge is 0.332 e. The van der Waals surface area contributed by atoms with Gasteiger partial charge in [0.2, 0.25) is 9.76 Å². The van der Waals surface area contributed by atoms with Crippen LogP contribution in [0.15, 0.2) is 12.2 Å². The zero-order chi connectivity index (χ0) is 11.7. The molecule has 0 aliphatic heterocycles. The summed E-state index contributed by atoms with van der Waals surface area (Å²) in [6.07, 6.45) is -0.0133. The van der Waals surface area contributed by atoms with Gasteiger partial charge < -0.3 is 18.6 Å². The van der Waals surface area contributed by atoms with Gasteiger partial charge in [-0.1, -0.05) is 6.58 Å². The molecule has 0 aromatic rings. The zero-order valence-corrected chi connectivity index (χ0v) is 10.9. The summed E-state index contributed by atoms with van der Waals surface area (Å²) in [5.41, 5.74) is 0.399. The van der Waals surface area contributed by atoms with E-state index in [0.29, 0.717) is 18.4 Å². The fraction of sp³-hybridized carbons (Fsp3) is 0.667. The fourth-order valence-electron chi connectivity index (χ4n) is 0.728. The Labute approximate surface area is 92.3 Å². The highest BCUT2D eigenvalue weighted by Gasteiger charge is 2.06. The van der Waals surface area contributed by atoms with Gasteiger partial charge >= 0.3 is 5.97 Å². The molecular formula is C9H18O5Si. The van der Waals surface area contributed by atoms with Crippen molar-refractivity contribution in [3.05, 3.63) is 12.2 Å². The van der Waals surface area contributed by atoms with Crippen molar-refractivity contribution in [1.29, 1.82) is 0 Å². The molecule has 0 N–H and O–H groups in total. The Balaban J connectivity index is 3.39. The molecule has 0 aromatic carbocycles. The van der Waals surface area contributed by atoms with Crippen LogP contribution in [0.4, 0.5) is 0 Å². The minimum absolute atomic E-state index is 0.339. The van der Waals surface area contributed by atoms with E-state index in [0.717, 1.165) is 0 Å². The second-order valence-corrected chi connectivity index (χ2v) is 4.12. The second-order valence-electron chi connectivity index (χ2n) is 2.89. The minimum atomic E-state index is -0.869. The molecule has 15 heavy (non-hydrogen) atoms. The molecule has 0 saturated heterocycles. The Morgan fingerprint density at radius 1 is 1.40 bits per heavy atom. The Morgan fingerprint density at radius 2 is 2.00 bits per heavy atom. The van der Waals surface area contributed by atoms with Crippen LogP contribution in [0.3, 0.4) is 0 Å². The number of hydrogen-bond donors (Lipinski definition) is 0. The minimum Gasteiger partial charge on any atom is -0.464 e. The number of esters is 1. The predicted octanol–water partition coefficient (Wildman–Crippen LogP) is -0.218. The van der Waals surface area contributed by atoms with Crippen LogP contribution in [-0.4, -0.2) is 49.1 Å². The van der Waals surface area contributed by atoms with Crippen molar-refractivity contribution in [3.63, 3.8) is 0 Å². The number of ether oxygens (including phenoxy) is 3. The highest BCUT2D eigenvalue weighted by molar-refractivity contribution is 6.27. The molecule has 0 radical (unpaired) electrons. The van der Waals surface area contributed by atoms with E-state index >= 15 is 0 Å². The number of rotatable bonds is 8. The lowest BCUT2D eigenvalue weighted by atomic mass is 10.4. The third-order valence-corrected chi connectivity index (χ3v) is 2.48. The van der Waals surface area contributed by atoms with E-state index in [2.05, 4.69) is 6.58 Å². The van der Waals surface area contributed by atoms with Crippen molar-refractivity contribution in [2.45, 2.75) is 13.2 Å². The summed E-state index contributed by atoms with van der Waals surface area (Å²) >= 11 is 0. The number of methoxy groups -OCH3 is 2. The van der Waals surface area contributed by atoms with Gasteiger partial charge in [-0.25, -0.2) is 4.79 Å². The molecule has 0 aliphatic rings. The summed E-state index contributed by atoms with van der Waals surface area (Å²) in [5.74, 6) is -0.374. The molecule has 0 aromatic heterocycles. The number of hydrogen-bond acceptors (Lipinski definition) is 5. The summed E-state index contributed by atoms with van der Waals surface area (Å²) in [6.45, 7) is 5.44. The van der Waals surface area contributed by atoms with Gasteiger partial charge in [0.1, 0.15) is 6.23 Å². The first-order valence-electron chi connectivity index (χ1n) is 4.57. The molecule has 0 rings (SSSR count). The fourth-order valence-corrected chi connectivity index (χ4v) is 1.47. The van der Waals surface area contributed by atoms with Crippen LogP contribution in [0.25, 0.3) is 0 Å². The van der Waals surface area contributed by atoms with Crippen molar-refractivity contribution in [1.82, 2.24) is 0 Å². The van der Waals surface area contributed by atoms with E-state index in [-0.39, 0.29) is 12.3 Å². The Hall–Kier alpha value is -0.693. The molecule has 0 atom stereocenters. The summed E-state index contributed by atoms with van der Waals surface area (Å²) in [5, 5.41) is 0. The van der Waals surface area contributed by atoms with E-state index in [1.165, 1.54) is 0 Å². The maximum absolute atomic E-state index is 10.9. The molecule has 6 heteroatoms. The SMILES string of the molecule is C=C(C)C(=O)OC[SiH2]OCC(OC)OC. The largest absolute Gasteiger partial charge is 0.464 e. The van der Waals surface area contributed by atoms with Gasteiger partial charge in [0.05, 0.1) is 6.61 Å². The van der Waals surface area contributed by atoms with Crippen molar-refractivity contribution in [2.75, 3.05) is 27.1 Å². The molecule has 0 bridgehead atoms. The van der Waals surface area contributed by atoms with Crippen LogP contribution in [0.1, 0.15) is 6.92 Å². The molecule has 0 aliphatic carbocycles. The highest BCUT2D eigenvalue weighted by Crippen LogP contribution is 1.93. The number of carbonyl (C=O) groups is 1. The number of carbonyl (C=O) groups excluding carboxylic acids is 1. The summed E-state index contributed by atoms with van der Waals surface area (Å²) in [7, 11) is 2.21. The second kappa shape index (κ2) is 8.60. The van der Waals surface area contributed by atoms with Crippen LogP contribution in [0.2, 0.25) is 0 Å². The molecule has 0 heterocycles. The van der Waals surface area contributed by atoms with Crippen molar-refractivity contribution >= 4 is 15.7 Å². The van der Waals surface area contributed by atoms with Gasteiger partial charge in [0.15, 0.2) is 6.29 Å². The molecule has 88 valence electrons. The predicted molar refractivity (Wildman–Crippen MR) is 58.1 cm³/mol. The van der Waals surface area contributed by atoms with E-state index in [1.807, 2.05) is 0 Å². The lowest BCUT2D eigenvalue weighted by Crippen LogP contribution is -2.23. The van der Waals surface area contributed by atoms with Gasteiger partial charge in [0.25, 0.3) is 0 Å². The summed E-state index contributed by atoms with van der Waals surface area (Å²) in [4.78, 5) is 10.9. The Kier molecular flexibility index (Phi) is 8.20. The topological polar surface area (TPSA) is 54.0 Å². The molecule has 0 unspecified atom stereocenters. The van der Waals surface area contributed by atoms with Gasteiger partial charge in [-0.2, -0.15) is 0 Å². The van der Waals surface area contributed by atoms with E-state index < -0.39 is 9.76 Å². The van der Waals surface area contributed by atoms with E-state index in [9.17, 15) is 4.79 Å². The van der Waals surface area contributed by atoms with Gasteiger partial charge in [0, 0.05) is 19.8 Å². The van der Waals surface area contributed by atoms with Crippen molar-refractivity contribution in [3.8, 4) is 0 Å². The van der Waals surface area contributed by atoms with Gasteiger partial charge in [-0.15, -0.1) is 0 Å². The maximum Gasteiger partial charge on any atom is 0.332 e. The third kappa shape index (κ3) is 7.26. The van der Waals surface area contributed by atoms with Crippen LogP contribution >= 0.6 is 0 Å². The van der Waals surface area contributed by atoms with E-state index in [4.69, 9.17) is 18.6 Å². The first kappa shape index (κ1) is 14.3. The van der Waals surface area contributed by atoms with Crippen LogP contribution in [0.5, 0.6) is 0 Å². The standard InChI is InChI=1S/C9H18O5Si/c1-7(2)9(10)13-6-15-14-5-8(11-3)12-4/h8H,1,5-6,15H2,2-4H3. The van der Waals surface area contributed by atoms with Gasteiger partial charge in [-0.3, -0.25) is 0 Å². The lowest BCUT2D eigenvalue weighted by Gasteiger charge is -2.13. The van der Waals surface area contributed by atoms with Crippen LogP contribution in [0, 0.1) is 0 Å². The molecule has 5 nitrogen and oxygen atoms in total. The first-order valence-corrected chi connectivity index (χ1v) is 6.15.